The first-order valence-corrected chi connectivity index (χ1v) is 6.65. The number of nitro groups is 1. The first-order chi connectivity index (χ1) is 9.43. The molecule has 110 valence electrons. The molecule has 1 aliphatic rings. The number of anilines is 1. The molecule has 0 radical (unpaired) electrons. The predicted octanol–water partition coefficient (Wildman–Crippen LogP) is 1.78. The van der Waals surface area contributed by atoms with Crippen LogP contribution >= 0.6 is 0 Å². The average Bonchev–Trinajstić information content (AvgIpc) is 2.94. The Morgan fingerprint density at radius 3 is 2.80 bits per heavy atom. The van der Waals surface area contributed by atoms with Crippen molar-refractivity contribution in [3.8, 4) is 0 Å². The fourth-order valence-corrected chi connectivity index (χ4v) is 2.69. The van der Waals surface area contributed by atoms with Gasteiger partial charge in [0.1, 0.15) is 5.69 Å². The van der Waals surface area contributed by atoms with Crippen molar-refractivity contribution in [2.45, 2.75) is 45.7 Å². The van der Waals surface area contributed by atoms with Gasteiger partial charge in [-0.3, -0.25) is 14.9 Å². The lowest BCUT2D eigenvalue weighted by Crippen LogP contribution is -2.20. The number of aliphatic carboxylic acids is 1. The summed E-state index contributed by atoms with van der Waals surface area (Å²) < 4.78 is 1.56. The van der Waals surface area contributed by atoms with E-state index in [1.165, 1.54) is 0 Å². The van der Waals surface area contributed by atoms with Gasteiger partial charge in [-0.15, -0.1) is 0 Å². The van der Waals surface area contributed by atoms with Crippen molar-refractivity contribution in [3.05, 3.63) is 15.8 Å². The second-order valence-corrected chi connectivity index (χ2v) is 5.04. The topological polar surface area (TPSA) is 110 Å². The molecule has 0 unspecified atom stereocenters. The molecule has 2 N–H and O–H groups in total. The second kappa shape index (κ2) is 5.48. The number of carboxylic acids is 1. The van der Waals surface area contributed by atoms with Gasteiger partial charge in [0, 0.05) is 12.6 Å². The van der Waals surface area contributed by atoms with Gasteiger partial charge in [-0.2, -0.15) is 5.10 Å². The van der Waals surface area contributed by atoms with Crippen LogP contribution in [0.25, 0.3) is 0 Å². The molecule has 0 aromatic carbocycles. The lowest BCUT2D eigenvalue weighted by atomic mass is 10.1. The zero-order chi connectivity index (χ0) is 14.9. The fraction of sp³-hybridized carbons (Fsp3) is 0.667. The van der Waals surface area contributed by atoms with Crippen LogP contribution in [0.3, 0.4) is 0 Å². The van der Waals surface area contributed by atoms with Crippen molar-refractivity contribution < 1.29 is 14.8 Å². The molecule has 20 heavy (non-hydrogen) atoms. The number of aryl methyl sites for hydroxylation is 2. The Bertz CT molecular complexity index is 540. The van der Waals surface area contributed by atoms with Crippen molar-refractivity contribution in [2.24, 2.45) is 5.92 Å². The van der Waals surface area contributed by atoms with E-state index in [4.69, 9.17) is 5.11 Å². The maximum Gasteiger partial charge on any atom is 0.333 e. The van der Waals surface area contributed by atoms with E-state index < -0.39 is 10.9 Å². The van der Waals surface area contributed by atoms with Crippen LogP contribution in [-0.4, -0.2) is 31.8 Å². The summed E-state index contributed by atoms with van der Waals surface area (Å²) >= 11 is 0. The minimum atomic E-state index is -0.802. The van der Waals surface area contributed by atoms with Crippen LogP contribution in [0.5, 0.6) is 0 Å². The highest BCUT2D eigenvalue weighted by atomic mass is 16.6. The third-order valence-corrected chi connectivity index (χ3v) is 3.70. The van der Waals surface area contributed by atoms with Crippen molar-refractivity contribution >= 4 is 17.5 Å². The molecule has 0 aliphatic heterocycles. The molecule has 0 amide bonds. The highest BCUT2D eigenvalue weighted by Crippen LogP contribution is 2.33. The summed E-state index contributed by atoms with van der Waals surface area (Å²) in [7, 11) is 0. The summed E-state index contributed by atoms with van der Waals surface area (Å²) in [5, 5.41) is 27.4. The molecule has 1 fully saturated rings. The van der Waals surface area contributed by atoms with E-state index in [1.807, 2.05) is 6.92 Å². The molecule has 2 rings (SSSR count). The summed E-state index contributed by atoms with van der Waals surface area (Å²) in [6, 6.07) is -0.0591. The van der Waals surface area contributed by atoms with Crippen molar-refractivity contribution in [1.29, 1.82) is 0 Å². The Balaban J connectivity index is 2.21. The van der Waals surface area contributed by atoms with E-state index in [0.717, 1.165) is 0 Å². The lowest BCUT2D eigenvalue weighted by molar-refractivity contribution is -0.384. The number of aromatic nitrogens is 2. The molecule has 1 aliphatic carbocycles. The Hall–Kier alpha value is -2.12. The predicted molar refractivity (Wildman–Crippen MR) is 71.7 cm³/mol. The van der Waals surface area contributed by atoms with Gasteiger partial charge in [-0.25, -0.2) is 4.68 Å². The van der Waals surface area contributed by atoms with Crippen LogP contribution in [0.1, 0.15) is 31.9 Å². The van der Waals surface area contributed by atoms with E-state index in [1.54, 1.807) is 11.6 Å². The molecule has 0 bridgehead atoms. The molecule has 0 saturated heterocycles. The average molecular weight is 282 g/mol. The number of hydrogen-bond acceptors (Lipinski definition) is 5. The van der Waals surface area contributed by atoms with Crippen molar-refractivity contribution in [2.75, 3.05) is 5.32 Å². The van der Waals surface area contributed by atoms with Gasteiger partial charge in [-0.05, 0) is 33.1 Å². The zero-order valence-electron chi connectivity index (χ0n) is 11.5. The van der Waals surface area contributed by atoms with E-state index in [2.05, 4.69) is 10.4 Å². The van der Waals surface area contributed by atoms with Crippen LogP contribution in [-0.2, 0) is 11.3 Å². The van der Waals surface area contributed by atoms with Gasteiger partial charge in [0.25, 0.3) is 0 Å². The number of nitrogens with zero attached hydrogens (tertiary/aromatic N) is 3. The van der Waals surface area contributed by atoms with Gasteiger partial charge in [0.15, 0.2) is 0 Å². The van der Waals surface area contributed by atoms with E-state index in [-0.39, 0.29) is 17.6 Å². The van der Waals surface area contributed by atoms with Gasteiger partial charge in [-0.1, -0.05) is 0 Å². The molecule has 2 atom stereocenters. The summed E-state index contributed by atoms with van der Waals surface area (Å²) in [5.41, 5.74) is 0.345. The summed E-state index contributed by atoms with van der Waals surface area (Å²) in [6.45, 7) is 3.98. The Kier molecular flexibility index (Phi) is 3.91. The fourth-order valence-electron chi connectivity index (χ4n) is 2.69. The SMILES string of the molecule is CCn1nc(C)c([N+](=O)[O-])c1N[C@H]1CC[C@@H](C(=O)O)C1. The molecule has 0 spiro atoms. The molecule has 8 nitrogen and oxygen atoms in total. The van der Waals surface area contributed by atoms with E-state index in [0.29, 0.717) is 37.3 Å². The van der Waals surface area contributed by atoms with E-state index in [9.17, 15) is 14.9 Å². The molecule has 1 saturated carbocycles. The normalized spacial score (nSPS) is 21.9. The Morgan fingerprint density at radius 2 is 2.30 bits per heavy atom. The highest BCUT2D eigenvalue weighted by Gasteiger charge is 2.33. The van der Waals surface area contributed by atoms with Gasteiger partial charge < -0.3 is 10.4 Å². The van der Waals surface area contributed by atoms with Crippen LogP contribution < -0.4 is 5.32 Å². The maximum absolute atomic E-state index is 11.1. The van der Waals surface area contributed by atoms with Gasteiger partial charge >= 0.3 is 11.7 Å². The largest absolute Gasteiger partial charge is 0.481 e. The van der Waals surface area contributed by atoms with Crippen LogP contribution in [0.15, 0.2) is 0 Å². The standard InChI is InChI=1S/C12H18N4O4/c1-3-15-11(10(16(19)20)7(2)14-15)13-9-5-4-8(6-9)12(17)18/h8-9,13H,3-6H2,1-2H3,(H,17,18)/t8-,9+/m1/s1. The number of rotatable bonds is 5. The minimum Gasteiger partial charge on any atom is -0.481 e. The van der Waals surface area contributed by atoms with Crippen LogP contribution in [0.2, 0.25) is 0 Å². The van der Waals surface area contributed by atoms with Crippen LogP contribution in [0.4, 0.5) is 11.5 Å². The Labute approximate surface area is 115 Å². The third kappa shape index (κ3) is 2.59. The minimum absolute atomic E-state index is 0.0226. The quantitative estimate of drug-likeness (QED) is 0.629. The van der Waals surface area contributed by atoms with Gasteiger partial charge in [0.2, 0.25) is 5.82 Å². The zero-order valence-corrected chi connectivity index (χ0v) is 11.5. The van der Waals surface area contributed by atoms with Gasteiger partial charge in [0.05, 0.1) is 10.8 Å². The highest BCUT2D eigenvalue weighted by molar-refractivity contribution is 5.70. The summed E-state index contributed by atoms with van der Waals surface area (Å²) in [6.07, 6.45) is 1.78. The number of carbonyl (C=O) groups is 1. The number of hydrogen-bond donors (Lipinski definition) is 2. The first kappa shape index (κ1) is 14.3. The number of carboxylic acid groups (broad SMARTS) is 1. The lowest BCUT2D eigenvalue weighted by Gasteiger charge is -2.14. The molecule has 1 aromatic heterocycles. The van der Waals surface area contributed by atoms with E-state index >= 15 is 0 Å². The number of nitrogens with one attached hydrogen (secondary N) is 1. The first-order valence-electron chi connectivity index (χ1n) is 6.65. The van der Waals surface area contributed by atoms with Crippen molar-refractivity contribution in [1.82, 2.24) is 9.78 Å². The molecule has 1 aromatic rings. The molecule has 8 heteroatoms. The third-order valence-electron chi connectivity index (χ3n) is 3.70. The summed E-state index contributed by atoms with van der Waals surface area (Å²) in [5.74, 6) is -0.791. The maximum atomic E-state index is 11.1. The molecule has 1 heterocycles. The summed E-state index contributed by atoms with van der Waals surface area (Å²) in [4.78, 5) is 21.6. The van der Waals surface area contributed by atoms with Crippen LogP contribution in [0, 0.1) is 23.0 Å². The van der Waals surface area contributed by atoms with Crippen molar-refractivity contribution in [3.63, 3.8) is 0 Å². The monoisotopic (exact) mass is 282 g/mol. The molecular formula is C12H18N4O4. The smallest absolute Gasteiger partial charge is 0.333 e. The Morgan fingerprint density at radius 1 is 1.60 bits per heavy atom. The molecular weight excluding hydrogens is 264 g/mol. The second-order valence-electron chi connectivity index (χ2n) is 5.04.